The van der Waals surface area contributed by atoms with Crippen LogP contribution in [-0.2, 0) is 37.7 Å². The molecular formula is C43H56IrNO2S-. The van der Waals surface area contributed by atoms with Crippen LogP contribution in [0.25, 0.3) is 32.8 Å². The molecule has 0 aliphatic carbocycles. The van der Waals surface area contributed by atoms with Gasteiger partial charge in [0.1, 0.15) is 0 Å². The van der Waals surface area contributed by atoms with Crippen molar-refractivity contribution in [2.24, 2.45) is 22.2 Å². The standard InChI is InChI=1S/C29H30NS.C14H26O2.Ir/c1-28(2,3)16-18-13-20-11-12-30-26-22-15-19-9-7-8-10-21(19)23(17-29(4,5)6)27(22)31-24(14-18)25(20)26;1-6-11(7-2)12(15)10-13(16)14(5,8-3)9-4;/h7-14H,16-17H2,1-6H3;10-11,15H,6-9H2,1-5H3;/q-1;;/b;12-10-;. The molecule has 1 aliphatic heterocycles. The van der Waals surface area contributed by atoms with Crippen LogP contribution in [0, 0.1) is 28.2 Å². The van der Waals surface area contributed by atoms with Gasteiger partial charge in [-0.3, -0.25) is 9.78 Å². The van der Waals surface area contributed by atoms with Gasteiger partial charge >= 0.3 is 0 Å². The number of aromatic nitrogens is 1. The SMILES string of the molecule is CC(C)(C)Cc1cc2c3c(nccc3c1)-c1[c-]c3ccccc3c(CC(C)(C)C)c1S2.CCC(CC)/C(O)=C/C(=O)C(C)(CC)CC.[Ir]. The minimum Gasteiger partial charge on any atom is -0.512 e. The quantitative estimate of drug-likeness (QED) is 0.0912. The van der Waals surface area contributed by atoms with Crippen molar-refractivity contribution in [3.05, 3.63) is 77.7 Å². The van der Waals surface area contributed by atoms with Gasteiger partial charge in [0.05, 0.1) is 5.76 Å². The molecule has 0 unspecified atom stereocenters. The van der Waals surface area contributed by atoms with Crippen molar-refractivity contribution < 1.29 is 30.0 Å². The van der Waals surface area contributed by atoms with Crippen LogP contribution in [0.1, 0.15) is 113 Å². The molecule has 1 N–H and O–H groups in total. The summed E-state index contributed by atoms with van der Waals surface area (Å²) in [7, 11) is 0. The van der Waals surface area contributed by atoms with Gasteiger partial charge in [-0.05, 0) is 82.7 Å². The number of carbonyl (C=O) groups excluding carboxylic acids is 1. The number of aliphatic hydroxyl groups is 1. The van der Waals surface area contributed by atoms with Crippen LogP contribution in [-0.4, -0.2) is 15.9 Å². The average molecular weight is 843 g/mol. The van der Waals surface area contributed by atoms with Crippen LogP contribution >= 0.6 is 11.8 Å². The molecule has 261 valence electrons. The minimum atomic E-state index is -0.319. The fourth-order valence-electron chi connectivity index (χ4n) is 6.47. The van der Waals surface area contributed by atoms with Gasteiger partial charge in [-0.1, -0.05) is 117 Å². The van der Waals surface area contributed by atoms with Gasteiger partial charge in [0, 0.05) is 54.3 Å². The number of ketones is 1. The molecule has 2 heterocycles. The topological polar surface area (TPSA) is 50.2 Å². The van der Waals surface area contributed by atoms with Crippen LogP contribution in [0.4, 0.5) is 0 Å². The molecule has 0 fully saturated rings. The summed E-state index contributed by atoms with van der Waals surface area (Å²) in [6.07, 6.45) is 8.90. The van der Waals surface area contributed by atoms with E-state index in [2.05, 4.69) is 90.1 Å². The molecule has 5 heteroatoms. The molecule has 1 aliphatic rings. The first-order valence-electron chi connectivity index (χ1n) is 17.6. The first kappa shape index (κ1) is 40.0. The first-order valence-corrected chi connectivity index (χ1v) is 18.4. The van der Waals surface area contributed by atoms with Crippen molar-refractivity contribution in [1.29, 1.82) is 0 Å². The Kier molecular flexibility index (Phi) is 13.4. The Morgan fingerprint density at radius 3 is 2.12 bits per heavy atom. The van der Waals surface area contributed by atoms with Gasteiger partial charge in [-0.2, -0.15) is 0 Å². The molecule has 0 saturated heterocycles. The van der Waals surface area contributed by atoms with Crippen LogP contribution in [0.2, 0.25) is 0 Å². The molecule has 0 saturated carbocycles. The summed E-state index contributed by atoms with van der Waals surface area (Å²) in [6.45, 7) is 24.0. The molecule has 48 heavy (non-hydrogen) atoms. The van der Waals surface area contributed by atoms with E-state index < -0.39 is 0 Å². The van der Waals surface area contributed by atoms with Crippen molar-refractivity contribution in [3.63, 3.8) is 0 Å². The zero-order valence-corrected chi connectivity index (χ0v) is 34.3. The summed E-state index contributed by atoms with van der Waals surface area (Å²) < 4.78 is 0. The van der Waals surface area contributed by atoms with Crippen molar-refractivity contribution in [2.45, 2.75) is 124 Å². The van der Waals surface area contributed by atoms with Crippen molar-refractivity contribution in [1.82, 2.24) is 4.98 Å². The van der Waals surface area contributed by atoms with E-state index in [0.29, 0.717) is 0 Å². The Labute approximate surface area is 308 Å². The molecule has 1 aromatic heterocycles. The third-order valence-corrected chi connectivity index (χ3v) is 10.8. The van der Waals surface area contributed by atoms with E-state index in [1.807, 2.05) is 52.6 Å². The second-order valence-corrected chi connectivity index (χ2v) is 17.0. The van der Waals surface area contributed by atoms with E-state index in [0.717, 1.165) is 44.2 Å². The predicted molar refractivity (Wildman–Crippen MR) is 202 cm³/mol. The first-order chi connectivity index (χ1) is 22.0. The van der Waals surface area contributed by atoms with Crippen LogP contribution in [0.3, 0.4) is 0 Å². The van der Waals surface area contributed by atoms with E-state index >= 15 is 0 Å². The third-order valence-electron chi connectivity index (χ3n) is 9.63. The molecule has 5 rings (SSSR count). The van der Waals surface area contributed by atoms with E-state index in [1.165, 1.54) is 54.1 Å². The van der Waals surface area contributed by atoms with Gasteiger partial charge in [-0.25, -0.2) is 0 Å². The van der Waals surface area contributed by atoms with Crippen molar-refractivity contribution in [2.75, 3.05) is 0 Å². The number of allylic oxidation sites excluding steroid dienone is 2. The van der Waals surface area contributed by atoms with Crippen molar-refractivity contribution >= 4 is 39.1 Å². The molecule has 0 atom stereocenters. The van der Waals surface area contributed by atoms with Gasteiger partial charge in [0.25, 0.3) is 0 Å². The van der Waals surface area contributed by atoms with Crippen LogP contribution in [0.15, 0.2) is 70.3 Å². The maximum absolute atomic E-state index is 12.0. The number of pyridine rings is 1. The van der Waals surface area contributed by atoms with Gasteiger partial charge in [0.2, 0.25) is 0 Å². The number of fused-ring (bicyclic) bond motifs is 3. The van der Waals surface area contributed by atoms with E-state index in [9.17, 15) is 9.90 Å². The molecule has 3 aromatic carbocycles. The molecule has 4 aromatic rings. The van der Waals surface area contributed by atoms with Gasteiger partial charge in [-0.15, -0.1) is 29.3 Å². The summed E-state index contributed by atoms with van der Waals surface area (Å²) in [5.41, 5.74) is 5.24. The second kappa shape index (κ2) is 16.0. The molecule has 3 nitrogen and oxygen atoms in total. The van der Waals surface area contributed by atoms with Crippen molar-refractivity contribution in [3.8, 4) is 11.3 Å². The number of nitrogens with zero attached hydrogens (tertiary/aromatic N) is 1. The maximum atomic E-state index is 12.0. The fourth-order valence-corrected chi connectivity index (χ4v) is 7.77. The summed E-state index contributed by atoms with van der Waals surface area (Å²) in [6, 6.07) is 19.4. The number of aliphatic hydroxyl groups excluding tert-OH is 1. The van der Waals surface area contributed by atoms with Crippen LogP contribution < -0.4 is 0 Å². The van der Waals surface area contributed by atoms with Gasteiger partial charge < -0.3 is 5.11 Å². The van der Waals surface area contributed by atoms with E-state index in [-0.39, 0.29) is 53.8 Å². The summed E-state index contributed by atoms with van der Waals surface area (Å²) >= 11 is 1.93. The Morgan fingerprint density at radius 2 is 1.54 bits per heavy atom. The second-order valence-electron chi connectivity index (χ2n) is 16.0. The summed E-state index contributed by atoms with van der Waals surface area (Å²) in [4.78, 5) is 19.6. The molecule has 1 radical (unpaired) electrons. The normalized spacial score (nSPS) is 13.2. The van der Waals surface area contributed by atoms with E-state index in [4.69, 9.17) is 4.98 Å². The Bertz CT molecular complexity index is 1770. The number of carbonyl (C=O) groups is 1. The smallest absolute Gasteiger partial charge is 0.164 e. The monoisotopic (exact) mass is 843 g/mol. The van der Waals surface area contributed by atoms with Crippen LogP contribution in [0.5, 0.6) is 0 Å². The average Bonchev–Trinajstić information content (AvgIpc) is 3.00. The largest absolute Gasteiger partial charge is 0.512 e. The molecule has 0 bridgehead atoms. The predicted octanol–water partition coefficient (Wildman–Crippen LogP) is 12.8. The molecule has 0 spiro atoms. The number of hydrogen-bond acceptors (Lipinski definition) is 4. The molecular weight excluding hydrogens is 787 g/mol. The zero-order valence-electron chi connectivity index (χ0n) is 31.1. The molecule has 0 amide bonds. The Hall–Kier alpha value is -2.46. The Balaban J connectivity index is 0.000000316. The fraction of sp³-hybridized carbons (Fsp3) is 0.488. The third kappa shape index (κ3) is 9.20. The maximum Gasteiger partial charge on any atom is 0.164 e. The van der Waals surface area contributed by atoms with E-state index in [1.54, 1.807) is 0 Å². The zero-order chi connectivity index (χ0) is 34.7. The number of hydrogen-bond donors (Lipinski definition) is 1. The number of benzene rings is 3. The summed E-state index contributed by atoms with van der Waals surface area (Å²) in [5.74, 6) is 0.437. The van der Waals surface area contributed by atoms with Gasteiger partial charge in [0.15, 0.2) is 5.78 Å². The minimum absolute atomic E-state index is 0. The summed E-state index contributed by atoms with van der Waals surface area (Å²) in [5, 5.41) is 15.0. The Morgan fingerprint density at radius 1 is 0.917 bits per heavy atom. The number of rotatable bonds is 9.